The highest BCUT2D eigenvalue weighted by atomic mass is 16.6. The van der Waals surface area contributed by atoms with E-state index in [1.54, 1.807) is 37.5 Å². The first-order valence-corrected chi connectivity index (χ1v) is 10.7. The standard InChI is InChI=1S/C21H35N3O5/c1-13-9-10-21(24(13)19(28)29-20(4,5)6)15(3)23(18(21)27)16(14(2)25)17(26)22-11-7-8-12-22/h13-16,25H,7-12H2,1-6H3. The maximum absolute atomic E-state index is 13.5. The second kappa shape index (κ2) is 7.45. The third kappa shape index (κ3) is 3.49. The Morgan fingerprint density at radius 2 is 1.79 bits per heavy atom. The Balaban J connectivity index is 1.86. The van der Waals surface area contributed by atoms with Crippen LogP contribution in [0.1, 0.15) is 67.2 Å². The zero-order chi connectivity index (χ0) is 21.7. The normalized spacial score (nSPS) is 31.8. The number of rotatable bonds is 3. The van der Waals surface area contributed by atoms with Crippen molar-refractivity contribution in [2.75, 3.05) is 13.1 Å². The van der Waals surface area contributed by atoms with Crippen LogP contribution in [-0.2, 0) is 14.3 Å². The average Bonchev–Trinajstić information content (AvgIpc) is 3.25. The summed E-state index contributed by atoms with van der Waals surface area (Å²) in [6, 6.07) is -1.42. The summed E-state index contributed by atoms with van der Waals surface area (Å²) in [6.07, 6.45) is 1.63. The first-order valence-electron chi connectivity index (χ1n) is 10.7. The van der Waals surface area contributed by atoms with Crippen molar-refractivity contribution in [2.24, 2.45) is 0 Å². The molecule has 0 aliphatic carbocycles. The van der Waals surface area contributed by atoms with E-state index in [2.05, 4.69) is 0 Å². The SMILES string of the molecule is CC(O)C(C(=O)N1CCCC1)N1C(=O)C2(CCC(C)N2C(=O)OC(C)(C)C)C1C. The van der Waals surface area contributed by atoms with Gasteiger partial charge in [0.25, 0.3) is 5.91 Å². The van der Waals surface area contributed by atoms with Crippen LogP contribution in [0.4, 0.5) is 4.79 Å². The van der Waals surface area contributed by atoms with E-state index in [9.17, 15) is 19.5 Å². The maximum Gasteiger partial charge on any atom is 0.411 e. The highest BCUT2D eigenvalue weighted by Gasteiger charge is 2.69. The Hall–Kier alpha value is -1.83. The van der Waals surface area contributed by atoms with Gasteiger partial charge in [-0.15, -0.1) is 0 Å². The van der Waals surface area contributed by atoms with Crippen molar-refractivity contribution in [2.45, 2.75) is 103 Å². The van der Waals surface area contributed by atoms with Crippen molar-refractivity contribution < 1.29 is 24.2 Å². The summed E-state index contributed by atoms with van der Waals surface area (Å²) in [4.78, 5) is 44.2. The number of carbonyl (C=O) groups excluding carboxylic acids is 3. The quantitative estimate of drug-likeness (QED) is 0.717. The highest BCUT2D eigenvalue weighted by molar-refractivity contribution is 6.01. The van der Waals surface area contributed by atoms with E-state index in [4.69, 9.17) is 4.74 Å². The second-order valence-corrected chi connectivity index (χ2v) is 9.77. The molecule has 8 heteroatoms. The van der Waals surface area contributed by atoms with Gasteiger partial charge >= 0.3 is 6.09 Å². The molecule has 0 bridgehead atoms. The summed E-state index contributed by atoms with van der Waals surface area (Å²) in [6.45, 7) is 12.0. The van der Waals surface area contributed by atoms with Gasteiger partial charge < -0.3 is 19.6 Å². The van der Waals surface area contributed by atoms with Crippen LogP contribution in [0, 0.1) is 0 Å². The fraction of sp³-hybridized carbons (Fsp3) is 0.857. The molecule has 3 rings (SSSR count). The Labute approximate surface area is 173 Å². The van der Waals surface area contributed by atoms with Gasteiger partial charge in [-0.2, -0.15) is 0 Å². The predicted octanol–water partition coefficient (Wildman–Crippen LogP) is 1.75. The van der Waals surface area contributed by atoms with Gasteiger partial charge in [0.1, 0.15) is 17.2 Å². The van der Waals surface area contributed by atoms with Gasteiger partial charge in [-0.25, -0.2) is 4.79 Å². The average molecular weight is 410 g/mol. The van der Waals surface area contributed by atoms with Gasteiger partial charge in [-0.05, 0) is 67.2 Å². The molecule has 0 saturated carbocycles. The van der Waals surface area contributed by atoms with Gasteiger partial charge in [-0.1, -0.05) is 0 Å². The topological polar surface area (TPSA) is 90.4 Å². The molecule has 5 unspecified atom stereocenters. The molecule has 164 valence electrons. The van der Waals surface area contributed by atoms with Crippen LogP contribution in [-0.4, -0.2) is 86.2 Å². The molecule has 5 atom stereocenters. The molecule has 3 saturated heterocycles. The summed E-state index contributed by atoms with van der Waals surface area (Å²) in [5.74, 6) is -0.471. The number of hydrogen-bond donors (Lipinski definition) is 1. The largest absolute Gasteiger partial charge is 0.444 e. The molecule has 3 heterocycles. The lowest BCUT2D eigenvalue weighted by molar-refractivity contribution is -0.186. The van der Waals surface area contributed by atoms with Crippen molar-refractivity contribution in [1.29, 1.82) is 0 Å². The molecule has 3 fully saturated rings. The van der Waals surface area contributed by atoms with Crippen molar-refractivity contribution in [3.05, 3.63) is 0 Å². The van der Waals surface area contributed by atoms with Gasteiger partial charge in [0, 0.05) is 19.1 Å². The molecule has 8 nitrogen and oxygen atoms in total. The summed E-state index contributed by atoms with van der Waals surface area (Å²) >= 11 is 0. The van der Waals surface area contributed by atoms with Crippen molar-refractivity contribution >= 4 is 17.9 Å². The summed E-state index contributed by atoms with van der Waals surface area (Å²) in [5.41, 5.74) is -1.66. The number of β-lactam (4-membered cyclic amide) rings is 1. The summed E-state index contributed by atoms with van der Waals surface area (Å²) in [7, 11) is 0. The van der Waals surface area contributed by atoms with E-state index in [1.165, 1.54) is 4.90 Å². The fourth-order valence-electron chi connectivity index (χ4n) is 5.14. The van der Waals surface area contributed by atoms with Gasteiger partial charge in [-0.3, -0.25) is 14.5 Å². The third-order valence-electron chi connectivity index (χ3n) is 6.54. The molecule has 1 spiro atoms. The van der Waals surface area contributed by atoms with Crippen molar-refractivity contribution in [3.8, 4) is 0 Å². The third-order valence-corrected chi connectivity index (χ3v) is 6.54. The number of amides is 3. The van der Waals surface area contributed by atoms with Crippen LogP contribution in [0.15, 0.2) is 0 Å². The zero-order valence-corrected chi connectivity index (χ0v) is 18.5. The van der Waals surface area contributed by atoms with E-state index in [0.29, 0.717) is 25.9 Å². The van der Waals surface area contributed by atoms with Crippen LogP contribution in [0.3, 0.4) is 0 Å². The molecular weight excluding hydrogens is 374 g/mol. The molecule has 0 aromatic heterocycles. The number of carbonyl (C=O) groups is 3. The zero-order valence-electron chi connectivity index (χ0n) is 18.5. The minimum absolute atomic E-state index is 0.127. The van der Waals surface area contributed by atoms with E-state index >= 15 is 0 Å². The maximum atomic E-state index is 13.5. The number of hydrogen-bond acceptors (Lipinski definition) is 5. The molecule has 3 aliphatic rings. The lowest BCUT2D eigenvalue weighted by Gasteiger charge is -2.59. The van der Waals surface area contributed by atoms with Gasteiger partial charge in [0.05, 0.1) is 12.1 Å². The molecule has 29 heavy (non-hydrogen) atoms. The van der Waals surface area contributed by atoms with Crippen LogP contribution < -0.4 is 0 Å². The molecule has 0 radical (unpaired) electrons. The Morgan fingerprint density at radius 3 is 2.28 bits per heavy atom. The minimum Gasteiger partial charge on any atom is -0.444 e. The number of ether oxygens (including phenoxy) is 1. The number of aliphatic hydroxyl groups excluding tert-OH is 1. The summed E-state index contributed by atoms with van der Waals surface area (Å²) in [5, 5.41) is 10.4. The minimum atomic E-state index is -1.000. The molecule has 3 amide bonds. The van der Waals surface area contributed by atoms with E-state index in [-0.39, 0.29) is 23.9 Å². The first kappa shape index (κ1) is 21.9. The van der Waals surface area contributed by atoms with Crippen molar-refractivity contribution in [1.82, 2.24) is 14.7 Å². The number of aliphatic hydroxyl groups is 1. The monoisotopic (exact) mass is 409 g/mol. The molecule has 1 N–H and O–H groups in total. The number of likely N-dealkylation sites (tertiary alicyclic amines) is 3. The van der Waals surface area contributed by atoms with Crippen LogP contribution in [0.25, 0.3) is 0 Å². The van der Waals surface area contributed by atoms with E-state index in [0.717, 1.165) is 12.8 Å². The molecular formula is C21H35N3O5. The molecule has 3 aliphatic heterocycles. The van der Waals surface area contributed by atoms with Crippen molar-refractivity contribution in [3.63, 3.8) is 0 Å². The van der Waals surface area contributed by atoms with Gasteiger partial charge in [0.15, 0.2) is 0 Å². The lowest BCUT2D eigenvalue weighted by Crippen LogP contribution is -2.82. The Kier molecular flexibility index (Phi) is 5.62. The van der Waals surface area contributed by atoms with Crippen LogP contribution in [0.5, 0.6) is 0 Å². The van der Waals surface area contributed by atoms with E-state index in [1.807, 2.05) is 13.8 Å². The van der Waals surface area contributed by atoms with Crippen LogP contribution in [0.2, 0.25) is 0 Å². The fourth-order valence-corrected chi connectivity index (χ4v) is 5.14. The smallest absolute Gasteiger partial charge is 0.411 e. The Morgan fingerprint density at radius 1 is 1.21 bits per heavy atom. The molecule has 0 aromatic rings. The number of nitrogens with zero attached hydrogens (tertiary/aromatic N) is 3. The lowest BCUT2D eigenvalue weighted by atomic mass is 9.75. The molecule has 0 aromatic carbocycles. The summed E-state index contributed by atoms with van der Waals surface area (Å²) < 4.78 is 5.58. The predicted molar refractivity (Wildman–Crippen MR) is 107 cm³/mol. The van der Waals surface area contributed by atoms with Gasteiger partial charge in [0.2, 0.25) is 5.91 Å². The van der Waals surface area contributed by atoms with Crippen LogP contribution >= 0.6 is 0 Å². The first-order chi connectivity index (χ1) is 13.4. The van der Waals surface area contributed by atoms with E-state index < -0.39 is 29.4 Å². The highest BCUT2D eigenvalue weighted by Crippen LogP contribution is 2.48. The Bertz CT molecular complexity index is 682. The second-order valence-electron chi connectivity index (χ2n) is 9.77.